The molecule has 0 N–H and O–H groups in total. The van der Waals surface area contributed by atoms with E-state index < -0.39 is 0 Å². The Morgan fingerprint density at radius 2 is 1.87 bits per heavy atom. The number of para-hydroxylation sites is 1. The van der Waals surface area contributed by atoms with Crippen molar-refractivity contribution in [3.8, 4) is 0 Å². The summed E-state index contributed by atoms with van der Waals surface area (Å²) in [4.78, 5) is 28.5. The van der Waals surface area contributed by atoms with Gasteiger partial charge in [0.2, 0.25) is 5.56 Å². The minimum atomic E-state index is -0.115. The van der Waals surface area contributed by atoms with Crippen LogP contribution in [0.25, 0.3) is 0 Å². The van der Waals surface area contributed by atoms with Gasteiger partial charge >= 0.3 is 0 Å². The van der Waals surface area contributed by atoms with Crippen molar-refractivity contribution >= 4 is 11.6 Å². The van der Waals surface area contributed by atoms with Crippen LogP contribution in [0.1, 0.15) is 22.8 Å². The minimum absolute atomic E-state index is 0.0433. The second kappa shape index (κ2) is 5.91. The number of carbonyl (C=O) groups is 1. The van der Waals surface area contributed by atoms with Crippen molar-refractivity contribution in [1.82, 2.24) is 9.47 Å². The van der Waals surface area contributed by atoms with E-state index in [1.54, 1.807) is 19.3 Å². The second-order valence-corrected chi connectivity index (χ2v) is 6.16. The number of benzene rings is 1. The van der Waals surface area contributed by atoms with Gasteiger partial charge in [0, 0.05) is 51.2 Å². The van der Waals surface area contributed by atoms with Crippen LogP contribution in [0.5, 0.6) is 0 Å². The lowest BCUT2D eigenvalue weighted by molar-refractivity contribution is 0.0686. The molecule has 0 saturated heterocycles. The van der Waals surface area contributed by atoms with Crippen LogP contribution in [-0.2, 0) is 13.6 Å². The molecule has 120 valence electrons. The predicted octanol–water partition coefficient (Wildman–Crippen LogP) is 1.87. The summed E-state index contributed by atoms with van der Waals surface area (Å²) in [7, 11) is 3.71. The molecule has 0 aliphatic carbocycles. The Labute approximate surface area is 135 Å². The molecule has 1 aliphatic heterocycles. The Hall–Kier alpha value is -2.56. The number of hydrogen-bond donors (Lipinski definition) is 0. The summed E-state index contributed by atoms with van der Waals surface area (Å²) in [6.45, 7) is 3.40. The van der Waals surface area contributed by atoms with Crippen molar-refractivity contribution in [2.24, 2.45) is 7.05 Å². The fourth-order valence-corrected chi connectivity index (χ4v) is 3.11. The summed E-state index contributed by atoms with van der Waals surface area (Å²) in [6, 6.07) is 11.3. The monoisotopic (exact) mass is 311 g/mol. The summed E-state index contributed by atoms with van der Waals surface area (Å²) in [6.07, 6.45) is 1.61. The van der Waals surface area contributed by atoms with Crippen molar-refractivity contribution in [3.05, 3.63) is 64.1 Å². The Morgan fingerprint density at radius 1 is 1.13 bits per heavy atom. The average Bonchev–Trinajstić information content (AvgIpc) is 2.66. The van der Waals surface area contributed by atoms with Crippen LogP contribution in [0.2, 0.25) is 0 Å². The number of anilines is 1. The van der Waals surface area contributed by atoms with Crippen molar-refractivity contribution in [1.29, 1.82) is 0 Å². The van der Waals surface area contributed by atoms with E-state index in [9.17, 15) is 9.59 Å². The first-order valence-electron chi connectivity index (χ1n) is 7.74. The molecule has 5 nitrogen and oxygen atoms in total. The molecule has 1 aromatic heterocycles. The second-order valence-electron chi connectivity index (χ2n) is 6.16. The van der Waals surface area contributed by atoms with Crippen molar-refractivity contribution in [3.63, 3.8) is 0 Å². The molecular weight excluding hydrogens is 290 g/mol. The van der Waals surface area contributed by atoms with E-state index in [-0.39, 0.29) is 17.5 Å². The zero-order valence-corrected chi connectivity index (χ0v) is 13.7. The van der Waals surface area contributed by atoms with Crippen LogP contribution >= 0.6 is 0 Å². The number of fused-ring (bicyclic) bond motifs is 1. The van der Waals surface area contributed by atoms with E-state index in [2.05, 4.69) is 31.0 Å². The number of carbonyl (C=O) groups excluding carboxylic acids is 1. The van der Waals surface area contributed by atoms with Gasteiger partial charge in [-0.25, -0.2) is 0 Å². The Morgan fingerprint density at radius 3 is 2.61 bits per heavy atom. The largest absolute Gasteiger partial charge is 0.372 e. The lowest BCUT2D eigenvalue weighted by atomic mass is 10.1. The number of amides is 1. The molecule has 0 bridgehead atoms. The highest BCUT2D eigenvalue weighted by Gasteiger charge is 2.27. The van der Waals surface area contributed by atoms with E-state index in [1.165, 1.54) is 10.6 Å². The molecule has 0 fully saturated rings. The molecule has 0 saturated carbocycles. The first-order chi connectivity index (χ1) is 11.0. The lowest BCUT2D eigenvalue weighted by Crippen LogP contribution is -2.42. The molecule has 1 aromatic carbocycles. The number of pyridine rings is 1. The summed E-state index contributed by atoms with van der Waals surface area (Å²) in [5, 5.41) is 0. The maximum absolute atomic E-state index is 12.9. The fourth-order valence-electron chi connectivity index (χ4n) is 3.11. The van der Waals surface area contributed by atoms with E-state index in [0.717, 1.165) is 17.8 Å². The maximum atomic E-state index is 12.9. The molecule has 0 spiro atoms. The fraction of sp³-hybridized carbons (Fsp3) is 0.333. The number of rotatable bonds is 1. The molecule has 1 amide bonds. The molecular formula is C18H21N3O2. The number of aryl methyl sites for hydroxylation is 1. The summed E-state index contributed by atoms with van der Waals surface area (Å²) in [5.74, 6) is -0.0433. The van der Waals surface area contributed by atoms with E-state index in [0.29, 0.717) is 12.1 Å². The number of aromatic nitrogens is 1. The first kappa shape index (κ1) is 15.3. The quantitative estimate of drug-likeness (QED) is 0.807. The molecule has 0 radical (unpaired) electrons. The number of likely N-dealkylation sites (N-methyl/N-ethyl adjacent to an activating group) is 1. The van der Waals surface area contributed by atoms with Crippen LogP contribution in [0.3, 0.4) is 0 Å². The summed E-state index contributed by atoms with van der Waals surface area (Å²) >= 11 is 0. The molecule has 5 heteroatoms. The van der Waals surface area contributed by atoms with Gasteiger partial charge < -0.3 is 14.4 Å². The molecule has 0 unspecified atom stereocenters. The van der Waals surface area contributed by atoms with Gasteiger partial charge in [0.05, 0.1) is 5.56 Å². The molecule has 2 heterocycles. The Balaban J connectivity index is 1.96. The van der Waals surface area contributed by atoms with Crippen LogP contribution < -0.4 is 10.5 Å². The predicted molar refractivity (Wildman–Crippen MR) is 90.7 cm³/mol. The highest BCUT2D eigenvalue weighted by Crippen LogP contribution is 2.26. The van der Waals surface area contributed by atoms with E-state index in [4.69, 9.17) is 0 Å². The normalized spacial score (nSPS) is 17.6. The van der Waals surface area contributed by atoms with Gasteiger partial charge in [-0.05, 0) is 24.6 Å². The third-order valence-corrected chi connectivity index (χ3v) is 4.41. The van der Waals surface area contributed by atoms with Crippen LogP contribution in [0.4, 0.5) is 5.69 Å². The third-order valence-electron chi connectivity index (χ3n) is 4.41. The minimum Gasteiger partial charge on any atom is -0.372 e. The lowest BCUT2D eigenvalue weighted by Gasteiger charge is -2.28. The van der Waals surface area contributed by atoms with Crippen molar-refractivity contribution in [2.45, 2.75) is 19.5 Å². The van der Waals surface area contributed by atoms with Crippen molar-refractivity contribution < 1.29 is 4.79 Å². The van der Waals surface area contributed by atoms with Crippen LogP contribution in [0, 0.1) is 0 Å². The zero-order valence-electron chi connectivity index (χ0n) is 13.7. The van der Waals surface area contributed by atoms with Gasteiger partial charge in [-0.3, -0.25) is 9.59 Å². The topological polar surface area (TPSA) is 45.6 Å². The smallest absolute Gasteiger partial charge is 0.255 e. The van der Waals surface area contributed by atoms with Gasteiger partial charge in [-0.2, -0.15) is 0 Å². The Kier molecular flexibility index (Phi) is 3.94. The van der Waals surface area contributed by atoms with Gasteiger partial charge in [0.1, 0.15) is 0 Å². The molecule has 2 aromatic rings. The summed E-state index contributed by atoms with van der Waals surface area (Å²) in [5.41, 5.74) is 2.73. The van der Waals surface area contributed by atoms with E-state index >= 15 is 0 Å². The standard InChI is InChI=1S/C18H21N3O2/c1-13-10-19(2)16-7-5-4-6-14(16)12-21(13)18(23)15-8-9-17(22)20(3)11-15/h4-9,11,13H,10,12H2,1-3H3/t13-/m0/s1. The van der Waals surface area contributed by atoms with Gasteiger partial charge in [0.15, 0.2) is 0 Å². The maximum Gasteiger partial charge on any atom is 0.255 e. The Bertz CT molecular complexity index is 797. The van der Waals surface area contributed by atoms with Crippen LogP contribution in [-0.4, -0.2) is 35.0 Å². The van der Waals surface area contributed by atoms with E-state index in [1.807, 2.05) is 17.0 Å². The third kappa shape index (κ3) is 2.86. The zero-order chi connectivity index (χ0) is 16.6. The summed E-state index contributed by atoms with van der Waals surface area (Å²) < 4.78 is 1.44. The molecule has 3 rings (SSSR count). The number of nitrogens with zero attached hydrogens (tertiary/aromatic N) is 3. The average molecular weight is 311 g/mol. The van der Waals surface area contributed by atoms with Crippen molar-refractivity contribution in [2.75, 3.05) is 18.5 Å². The number of hydrogen-bond acceptors (Lipinski definition) is 3. The molecule has 23 heavy (non-hydrogen) atoms. The SMILES string of the molecule is C[C@H]1CN(C)c2ccccc2CN1C(=O)c1ccc(=O)n(C)c1. The van der Waals surface area contributed by atoms with Gasteiger partial charge in [0.25, 0.3) is 5.91 Å². The first-order valence-corrected chi connectivity index (χ1v) is 7.74. The molecule has 1 atom stereocenters. The molecule has 1 aliphatic rings. The highest BCUT2D eigenvalue weighted by molar-refractivity contribution is 5.94. The highest BCUT2D eigenvalue weighted by atomic mass is 16.2. The van der Waals surface area contributed by atoms with Crippen LogP contribution in [0.15, 0.2) is 47.4 Å². The van der Waals surface area contributed by atoms with Gasteiger partial charge in [-0.1, -0.05) is 18.2 Å². The van der Waals surface area contributed by atoms with Gasteiger partial charge in [-0.15, -0.1) is 0 Å².